The summed E-state index contributed by atoms with van der Waals surface area (Å²) in [5, 5.41) is 1.21. The molecule has 0 amide bonds. The van der Waals surface area contributed by atoms with Gasteiger partial charge in [0.25, 0.3) is 0 Å². The molecule has 1 saturated heterocycles. The fraction of sp³-hybridized carbons (Fsp3) is 0.333. The van der Waals surface area contributed by atoms with Gasteiger partial charge in [-0.1, -0.05) is 30.3 Å². The van der Waals surface area contributed by atoms with Crippen molar-refractivity contribution in [1.29, 1.82) is 0 Å². The second-order valence-corrected chi connectivity index (χ2v) is 6.48. The molecule has 0 N–H and O–H groups in total. The Morgan fingerprint density at radius 3 is 2.48 bits per heavy atom. The van der Waals surface area contributed by atoms with E-state index in [1.807, 2.05) is 12.1 Å². The van der Waals surface area contributed by atoms with Crippen molar-refractivity contribution < 1.29 is 9.15 Å². The van der Waals surface area contributed by atoms with E-state index in [0.29, 0.717) is 0 Å². The van der Waals surface area contributed by atoms with Crippen molar-refractivity contribution in [3.8, 4) is 0 Å². The first-order valence-corrected chi connectivity index (χ1v) is 8.92. The molecule has 25 heavy (non-hydrogen) atoms. The van der Waals surface area contributed by atoms with E-state index in [4.69, 9.17) is 9.15 Å². The molecule has 1 aliphatic rings. The van der Waals surface area contributed by atoms with Crippen molar-refractivity contribution in [3.05, 3.63) is 60.4 Å². The molecule has 1 fully saturated rings. The van der Waals surface area contributed by atoms with Crippen molar-refractivity contribution >= 4 is 22.3 Å². The number of ether oxygens (including phenoxy) is 1. The van der Waals surface area contributed by atoms with Gasteiger partial charge in [-0.15, -0.1) is 0 Å². The average molecular weight is 336 g/mol. The van der Waals surface area contributed by atoms with Gasteiger partial charge in [0.1, 0.15) is 11.3 Å². The van der Waals surface area contributed by atoms with Gasteiger partial charge in [-0.25, -0.2) is 0 Å². The van der Waals surface area contributed by atoms with Gasteiger partial charge in [0, 0.05) is 44.2 Å². The second kappa shape index (κ2) is 7.19. The van der Waals surface area contributed by atoms with Gasteiger partial charge in [0.15, 0.2) is 0 Å². The van der Waals surface area contributed by atoms with Crippen molar-refractivity contribution in [2.45, 2.75) is 6.42 Å². The van der Waals surface area contributed by atoms with Crippen molar-refractivity contribution in [2.75, 3.05) is 49.7 Å². The van der Waals surface area contributed by atoms with Crippen LogP contribution in [0.25, 0.3) is 11.0 Å². The minimum Gasteiger partial charge on any atom is -0.459 e. The lowest BCUT2D eigenvalue weighted by Crippen LogP contribution is -2.36. The monoisotopic (exact) mass is 336 g/mol. The summed E-state index contributed by atoms with van der Waals surface area (Å²) in [6.45, 7) is 4.32. The van der Waals surface area contributed by atoms with Crippen LogP contribution in [-0.2, 0) is 11.2 Å². The smallest absolute Gasteiger partial charge is 0.136 e. The quantitative estimate of drug-likeness (QED) is 0.705. The fourth-order valence-corrected chi connectivity index (χ4v) is 3.47. The van der Waals surface area contributed by atoms with Gasteiger partial charge in [-0.2, -0.15) is 0 Å². The van der Waals surface area contributed by atoms with Crippen molar-refractivity contribution in [3.63, 3.8) is 0 Å². The molecule has 0 spiro atoms. The Morgan fingerprint density at radius 1 is 0.960 bits per heavy atom. The first-order chi connectivity index (χ1) is 12.3. The molecule has 3 aromatic rings. The molecule has 0 atom stereocenters. The maximum atomic E-state index is 6.23. The number of rotatable bonds is 5. The maximum absolute atomic E-state index is 6.23. The van der Waals surface area contributed by atoms with Crippen LogP contribution in [0.1, 0.15) is 5.76 Å². The highest BCUT2D eigenvalue weighted by Gasteiger charge is 2.21. The van der Waals surface area contributed by atoms with Gasteiger partial charge in [-0.05, 0) is 24.3 Å². The number of benzene rings is 2. The molecule has 2 heterocycles. The highest BCUT2D eigenvalue weighted by molar-refractivity contribution is 5.93. The van der Waals surface area contributed by atoms with Crippen LogP contribution >= 0.6 is 0 Å². The summed E-state index contributed by atoms with van der Waals surface area (Å²) in [6, 6.07) is 18.8. The molecule has 2 aromatic carbocycles. The average Bonchev–Trinajstić information content (AvgIpc) is 3.06. The van der Waals surface area contributed by atoms with Gasteiger partial charge in [0.05, 0.1) is 18.9 Å². The van der Waals surface area contributed by atoms with E-state index < -0.39 is 0 Å². The lowest BCUT2D eigenvalue weighted by Gasteiger charge is -2.29. The minimum atomic E-state index is 0.781. The second-order valence-electron chi connectivity index (χ2n) is 6.48. The Bertz CT molecular complexity index is 822. The van der Waals surface area contributed by atoms with Gasteiger partial charge >= 0.3 is 0 Å². The highest BCUT2D eigenvalue weighted by atomic mass is 16.5. The van der Waals surface area contributed by atoms with E-state index in [-0.39, 0.29) is 0 Å². The zero-order valence-electron chi connectivity index (χ0n) is 14.6. The number of fused-ring (bicyclic) bond motifs is 1. The number of likely N-dealkylation sites (N-methyl/N-ethyl adjacent to an activating group) is 1. The minimum absolute atomic E-state index is 0.781. The van der Waals surface area contributed by atoms with Crippen LogP contribution in [0.5, 0.6) is 0 Å². The first-order valence-electron chi connectivity index (χ1n) is 8.92. The van der Waals surface area contributed by atoms with E-state index in [2.05, 4.69) is 59.3 Å². The Balaban J connectivity index is 1.60. The van der Waals surface area contributed by atoms with Crippen LogP contribution in [-0.4, -0.2) is 39.9 Å². The molecule has 4 heteroatoms. The van der Waals surface area contributed by atoms with E-state index in [0.717, 1.165) is 50.6 Å². The van der Waals surface area contributed by atoms with Gasteiger partial charge in [-0.3, -0.25) is 0 Å². The lowest BCUT2D eigenvalue weighted by molar-refractivity contribution is 0.122. The Hall–Kier alpha value is -2.46. The standard InChI is InChI=1S/C21H24N2O2/c1-22(17-7-3-2-4-8-17)12-11-20-21(23-13-15-24-16-14-23)18-9-5-6-10-19(18)25-20/h2-10H,11-16H2,1H3. The summed E-state index contributed by atoms with van der Waals surface area (Å²) in [4.78, 5) is 4.68. The van der Waals surface area contributed by atoms with E-state index >= 15 is 0 Å². The molecule has 4 rings (SSSR count). The predicted octanol–water partition coefficient (Wildman–Crippen LogP) is 3.95. The summed E-state index contributed by atoms with van der Waals surface area (Å²) in [7, 11) is 2.13. The molecule has 0 unspecified atom stereocenters. The number of hydrogen-bond acceptors (Lipinski definition) is 4. The molecular weight excluding hydrogens is 312 g/mol. The third kappa shape index (κ3) is 3.35. The summed E-state index contributed by atoms with van der Waals surface area (Å²) in [5.74, 6) is 1.07. The Labute approximate surface area is 148 Å². The topological polar surface area (TPSA) is 28.9 Å². The maximum Gasteiger partial charge on any atom is 0.136 e. The summed E-state index contributed by atoms with van der Waals surface area (Å²) < 4.78 is 11.8. The summed E-state index contributed by atoms with van der Waals surface area (Å²) in [6.07, 6.45) is 0.882. The van der Waals surface area contributed by atoms with Gasteiger partial charge in [0.2, 0.25) is 0 Å². The largest absolute Gasteiger partial charge is 0.459 e. The first kappa shape index (κ1) is 16.0. The predicted molar refractivity (Wildman–Crippen MR) is 103 cm³/mol. The van der Waals surface area contributed by atoms with Crippen molar-refractivity contribution in [1.82, 2.24) is 0 Å². The molecule has 0 aliphatic carbocycles. The summed E-state index contributed by atoms with van der Waals surface area (Å²) >= 11 is 0. The molecule has 4 nitrogen and oxygen atoms in total. The van der Waals surface area contributed by atoms with Crippen LogP contribution in [0.3, 0.4) is 0 Å². The lowest BCUT2D eigenvalue weighted by atomic mass is 10.1. The summed E-state index contributed by atoms with van der Waals surface area (Å²) in [5.41, 5.74) is 3.45. The molecule has 1 aromatic heterocycles. The molecule has 130 valence electrons. The Kier molecular flexibility index (Phi) is 4.61. The number of nitrogens with zero attached hydrogens (tertiary/aromatic N) is 2. The highest BCUT2D eigenvalue weighted by Crippen LogP contribution is 2.35. The number of furan rings is 1. The third-order valence-electron chi connectivity index (χ3n) is 4.84. The fourth-order valence-electron chi connectivity index (χ4n) is 3.47. The van der Waals surface area contributed by atoms with Crippen LogP contribution < -0.4 is 9.80 Å². The zero-order chi connectivity index (χ0) is 17.1. The Morgan fingerprint density at radius 2 is 1.68 bits per heavy atom. The normalized spacial score (nSPS) is 14.8. The van der Waals surface area contributed by atoms with Crippen LogP contribution in [0.15, 0.2) is 59.0 Å². The number of para-hydroxylation sites is 2. The molecule has 0 bridgehead atoms. The third-order valence-corrected chi connectivity index (χ3v) is 4.84. The number of morpholine rings is 1. The zero-order valence-corrected chi connectivity index (χ0v) is 14.6. The van der Waals surface area contributed by atoms with E-state index in [9.17, 15) is 0 Å². The van der Waals surface area contributed by atoms with E-state index in [1.165, 1.54) is 16.8 Å². The van der Waals surface area contributed by atoms with Gasteiger partial charge < -0.3 is 19.0 Å². The van der Waals surface area contributed by atoms with Crippen LogP contribution in [0, 0.1) is 0 Å². The van der Waals surface area contributed by atoms with Crippen LogP contribution in [0.2, 0.25) is 0 Å². The molecule has 0 radical (unpaired) electrons. The number of anilines is 2. The van der Waals surface area contributed by atoms with E-state index in [1.54, 1.807) is 0 Å². The SMILES string of the molecule is CN(CCc1oc2ccccc2c1N1CCOCC1)c1ccccc1. The molecule has 1 aliphatic heterocycles. The molecular formula is C21H24N2O2. The van der Waals surface area contributed by atoms with Crippen molar-refractivity contribution in [2.24, 2.45) is 0 Å². The molecule has 0 saturated carbocycles. The van der Waals surface area contributed by atoms with Crippen LogP contribution in [0.4, 0.5) is 11.4 Å². The number of hydrogen-bond donors (Lipinski definition) is 0.